The largest absolute Gasteiger partial charge is 0.361 e. The van der Waals surface area contributed by atoms with Crippen molar-refractivity contribution in [3.63, 3.8) is 0 Å². The van der Waals surface area contributed by atoms with Gasteiger partial charge in [0.25, 0.3) is 0 Å². The number of aliphatic imine (C=N–C) groups is 1. The number of imide groups is 1. The lowest BCUT2D eigenvalue weighted by Crippen LogP contribution is -2.43. The van der Waals surface area contributed by atoms with Crippen LogP contribution >= 0.6 is 24.0 Å². The van der Waals surface area contributed by atoms with E-state index >= 15 is 0 Å². The minimum atomic E-state index is -0.134. The van der Waals surface area contributed by atoms with Gasteiger partial charge in [0.05, 0.1) is 17.5 Å². The molecule has 5 atom stereocenters. The number of carbonyl (C=O) groups is 2. The maximum absolute atomic E-state index is 12.8. The second kappa shape index (κ2) is 9.70. The number of likely N-dealkylation sites (tertiary alicyclic amines) is 1. The molecule has 170 valence electrons. The first-order chi connectivity index (χ1) is 14.4. The molecule has 31 heavy (non-hydrogen) atoms. The molecule has 2 heterocycles. The van der Waals surface area contributed by atoms with Gasteiger partial charge in [-0.25, -0.2) is 0 Å². The van der Waals surface area contributed by atoms with Crippen molar-refractivity contribution in [3.05, 3.63) is 29.2 Å². The predicted octanol–water partition coefficient (Wildman–Crippen LogP) is 2.38. The number of allylic oxidation sites excluding steroid dienone is 2. The van der Waals surface area contributed by atoms with Crippen LogP contribution in [0, 0.1) is 37.5 Å². The van der Waals surface area contributed by atoms with E-state index in [1.807, 2.05) is 20.8 Å². The summed E-state index contributed by atoms with van der Waals surface area (Å²) in [4.78, 5) is 31.7. The zero-order valence-corrected chi connectivity index (χ0v) is 20.9. The van der Waals surface area contributed by atoms with Crippen molar-refractivity contribution in [2.24, 2.45) is 28.7 Å². The van der Waals surface area contributed by atoms with Crippen LogP contribution in [0.1, 0.15) is 43.2 Å². The Kier molecular flexibility index (Phi) is 7.43. The van der Waals surface area contributed by atoms with Crippen LogP contribution in [0.5, 0.6) is 0 Å². The number of rotatable bonds is 7. The van der Waals surface area contributed by atoms with Crippen molar-refractivity contribution in [2.45, 2.75) is 40.0 Å². The van der Waals surface area contributed by atoms with Gasteiger partial charge in [0.2, 0.25) is 11.8 Å². The first-order valence-corrected chi connectivity index (χ1v) is 10.9. The second-order valence-corrected chi connectivity index (χ2v) is 8.61. The number of hydrogen-bond acceptors (Lipinski definition) is 5. The number of guanidine groups is 1. The molecule has 1 aliphatic heterocycles. The Bertz CT molecular complexity index is 846. The summed E-state index contributed by atoms with van der Waals surface area (Å²) < 4.78 is 5.26. The maximum Gasteiger partial charge on any atom is 0.233 e. The molecule has 1 saturated carbocycles. The van der Waals surface area contributed by atoms with Crippen LogP contribution in [0.3, 0.4) is 0 Å². The van der Waals surface area contributed by atoms with Gasteiger partial charge in [0, 0.05) is 37.7 Å². The van der Waals surface area contributed by atoms with Gasteiger partial charge in [-0.1, -0.05) is 24.2 Å². The van der Waals surface area contributed by atoms with Gasteiger partial charge < -0.3 is 15.2 Å². The van der Waals surface area contributed by atoms with Gasteiger partial charge in [-0.05, 0) is 39.0 Å². The number of halogens is 1. The molecule has 0 spiro atoms. The highest BCUT2D eigenvalue weighted by atomic mass is 127. The normalized spacial score (nSPS) is 27.5. The Morgan fingerprint density at radius 1 is 1.23 bits per heavy atom. The van der Waals surface area contributed by atoms with Gasteiger partial charge >= 0.3 is 0 Å². The zero-order valence-electron chi connectivity index (χ0n) is 18.6. The SMILES string of the molecule is CCNC(=NCC(C)c1c(C)noc1C)NCCN1C(=O)C2C3C=CC(C3)C2C1=O.I. The van der Waals surface area contributed by atoms with Crippen molar-refractivity contribution in [3.8, 4) is 0 Å². The molecule has 2 aliphatic carbocycles. The van der Waals surface area contributed by atoms with Gasteiger partial charge in [0.15, 0.2) is 5.96 Å². The fourth-order valence-electron chi connectivity index (χ4n) is 5.33. The third-order valence-electron chi connectivity index (χ3n) is 6.64. The molecule has 5 unspecified atom stereocenters. The smallest absolute Gasteiger partial charge is 0.233 e. The van der Waals surface area contributed by atoms with E-state index in [1.54, 1.807) is 0 Å². The molecule has 2 bridgehead atoms. The molecule has 1 aromatic heterocycles. The first kappa shape index (κ1) is 23.7. The Hall–Kier alpha value is -1.91. The monoisotopic (exact) mass is 541 g/mol. The third-order valence-corrected chi connectivity index (χ3v) is 6.64. The van der Waals surface area contributed by atoms with Crippen LogP contribution in [0.25, 0.3) is 0 Å². The second-order valence-electron chi connectivity index (χ2n) is 8.61. The van der Waals surface area contributed by atoms with Crippen molar-refractivity contribution in [2.75, 3.05) is 26.2 Å². The topological polar surface area (TPSA) is 99.8 Å². The van der Waals surface area contributed by atoms with Crippen LogP contribution in [-0.2, 0) is 9.59 Å². The van der Waals surface area contributed by atoms with Crippen molar-refractivity contribution >= 4 is 41.8 Å². The number of aromatic nitrogens is 1. The predicted molar refractivity (Wildman–Crippen MR) is 128 cm³/mol. The van der Waals surface area contributed by atoms with E-state index in [-0.39, 0.29) is 65.4 Å². The summed E-state index contributed by atoms with van der Waals surface area (Å²) in [7, 11) is 0. The lowest BCUT2D eigenvalue weighted by atomic mass is 9.85. The van der Waals surface area contributed by atoms with Crippen LogP contribution in [-0.4, -0.2) is 54.0 Å². The van der Waals surface area contributed by atoms with E-state index in [4.69, 9.17) is 4.52 Å². The van der Waals surface area contributed by atoms with E-state index in [2.05, 4.69) is 39.9 Å². The Morgan fingerprint density at radius 2 is 1.87 bits per heavy atom. The van der Waals surface area contributed by atoms with Gasteiger partial charge in [0.1, 0.15) is 5.76 Å². The highest BCUT2D eigenvalue weighted by Gasteiger charge is 2.58. The number of aryl methyl sites for hydroxylation is 2. The Labute approximate surface area is 200 Å². The van der Waals surface area contributed by atoms with Crippen LogP contribution in [0.4, 0.5) is 0 Å². The summed E-state index contributed by atoms with van der Waals surface area (Å²) in [6.07, 6.45) is 5.20. The molecule has 2 amide bonds. The molecule has 2 N–H and O–H groups in total. The molecule has 1 aromatic rings. The average Bonchev–Trinajstić information content (AvgIpc) is 3.46. The summed E-state index contributed by atoms with van der Waals surface area (Å²) >= 11 is 0. The standard InChI is InChI=1S/C22H31N5O3.HI/c1-5-23-22(25-11-12(2)17-13(3)26-30-14(17)4)24-8-9-27-20(28)18-15-6-7-16(10-15)19(18)21(27)29;/h6-7,12,15-16,18-19H,5,8-11H2,1-4H3,(H2,23,24,25);1H. The van der Waals surface area contributed by atoms with E-state index in [0.29, 0.717) is 25.6 Å². The summed E-state index contributed by atoms with van der Waals surface area (Å²) in [5.74, 6) is 1.91. The van der Waals surface area contributed by atoms with Crippen LogP contribution < -0.4 is 10.6 Å². The fraction of sp³-hybridized carbons (Fsp3) is 0.636. The van der Waals surface area contributed by atoms with Gasteiger partial charge in [-0.15, -0.1) is 24.0 Å². The van der Waals surface area contributed by atoms with E-state index < -0.39 is 0 Å². The lowest BCUT2D eigenvalue weighted by Gasteiger charge is -2.19. The molecular formula is C22H32IN5O3. The van der Waals surface area contributed by atoms with E-state index in [1.165, 1.54) is 4.90 Å². The molecule has 4 rings (SSSR count). The third kappa shape index (κ3) is 4.38. The highest BCUT2D eigenvalue weighted by Crippen LogP contribution is 2.52. The number of fused-ring (bicyclic) bond motifs is 5. The fourth-order valence-corrected chi connectivity index (χ4v) is 5.33. The van der Waals surface area contributed by atoms with E-state index in [9.17, 15) is 9.59 Å². The molecule has 0 aromatic carbocycles. The Balaban J connectivity index is 0.00000272. The number of carbonyl (C=O) groups excluding carboxylic acids is 2. The summed E-state index contributed by atoms with van der Waals surface area (Å²) in [6.45, 7) is 10.1. The molecule has 9 heteroatoms. The molecule has 0 radical (unpaired) electrons. The maximum atomic E-state index is 12.8. The summed E-state index contributed by atoms with van der Waals surface area (Å²) in [6, 6.07) is 0. The van der Waals surface area contributed by atoms with Crippen molar-refractivity contribution in [1.82, 2.24) is 20.7 Å². The minimum Gasteiger partial charge on any atom is -0.361 e. The first-order valence-electron chi connectivity index (χ1n) is 10.9. The number of nitrogens with zero attached hydrogens (tertiary/aromatic N) is 3. The zero-order chi connectivity index (χ0) is 21.4. The molecule has 8 nitrogen and oxygen atoms in total. The molecule has 1 saturated heterocycles. The lowest BCUT2D eigenvalue weighted by molar-refractivity contribution is -0.140. The van der Waals surface area contributed by atoms with Gasteiger partial charge in [-0.3, -0.25) is 19.5 Å². The van der Waals surface area contributed by atoms with Gasteiger partial charge in [-0.2, -0.15) is 0 Å². The van der Waals surface area contributed by atoms with Crippen molar-refractivity contribution in [1.29, 1.82) is 0 Å². The van der Waals surface area contributed by atoms with Crippen LogP contribution in [0.2, 0.25) is 0 Å². The van der Waals surface area contributed by atoms with Crippen LogP contribution in [0.15, 0.2) is 21.7 Å². The average molecular weight is 541 g/mol. The van der Waals surface area contributed by atoms with Crippen molar-refractivity contribution < 1.29 is 14.1 Å². The highest BCUT2D eigenvalue weighted by molar-refractivity contribution is 14.0. The minimum absolute atomic E-state index is 0. The molecular weight excluding hydrogens is 509 g/mol. The van der Waals surface area contributed by atoms with E-state index in [0.717, 1.165) is 30.0 Å². The summed E-state index contributed by atoms with van der Waals surface area (Å²) in [5.41, 5.74) is 1.99. The quantitative estimate of drug-likeness (QED) is 0.181. The number of nitrogens with one attached hydrogen (secondary N) is 2. The molecule has 2 fully saturated rings. The summed E-state index contributed by atoms with van der Waals surface area (Å²) in [5, 5.41) is 10.5. The number of amides is 2. The molecule has 3 aliphatic rings. The number of hydrogen-bond donors (Lipinski definition) is 2. The Morgan fingerprint density at radius 3 is 2.42 bits per heavy atom.